The molecule has 2 aliphatic carbocycles. The Morgan fingerprint density at radius 1 is 1.11 bits per heavy atom. The van der Waals surface area contributed by atoms with Crippen molar-refractivity contribution in [1.29, 1.82) is 0 Å². The number of benzene rings is 1. The van der Waals surface area contributed by atoms with Crippen LogP contribution < -0.4 is 4.90 Å². The maximum atomic E-state index is 12.1. The molecule has 2 aliphatic heterocycles. The molecule has 7 rings (SSSR count). The highest BCUT2D eigenvalue weighted by molar-refractivity contribution is 5.99. The molecule has 2 atom stereocenters. The molecule has 186 valence electrons. The lowest BCUT2D eigenvalue weighted by Gasteiger charge is -2.47. The van der Waals surface area contributed by atoms with Crippen molar-refractivity contribution in [3.63, 3.8) is 0 Å². The number of pyridine rings is 1. The fourth-order valence-electron chi connectivity index (χ4n) is 7.86. The molecule has 3 aromatic rings. The third kappa shape index (κ3) is 2.87. The monoisotopic (exact) mass is 481 g/mol. The Balaban J connectivity index is 1.39. The highest BCUT2D eigenvalue weighted by atomic mass is 16.2. The van der Waals surface area contributed by atoms with Crippen molar-refractivity contribution < 1.29 is 4.79 Å². The number of hydrogen-bond acceptors (Lipinski definition) is 4. The Bertz CT molecular complexity index is 1460. The zero-order valence-corrected chi connectivity index (χ0v) is 21.9. The standard InChI is InChI=1S/C30H35N5O/c1-6-23(36)35-15-30(16-35)9-10-34(14-30)29-19(4)24(26-20-7-8-21(12-20)27(26)32-29)25-18(3)17(2)11-22-13-31-33(5)28(22)25/h6,11,13,20-21H,1,7-10,12,14-16H2,2-5H3. The van der Waals surface area contributed by atoms with Gasteiger partial charge in [-0.2, -0.15) is 5.10 Å². The van der Waals surface area contributed by atoms with E-state index in [9.17, 15) is 4.79 Å². The van der Waals surface area contributed by atoms with E-state index >= 15 is 0 Å². The van der Waals surface area contributed by atoms with Crippen molar-refractivity contribution in [3.8, 4) is 11.1 Å². The minimum atomic E-state index is 0.0549. The minimum Gasteiger partial charge on any atom is -0.356 e. The maximum Gasteiger partial charge on any atom is 0.245 e. The lowest BCUT2D eigenvalue weighted by atomic mass is 9.79. The number of aromatic nitrogens is 3. The van der Waals surface area contributed by atoms with Gasteiger partial charge in [0.1, 0.15) is 5.82 Å². The first-order valence-electron chi connectivity index (χ1n) is 13.4. The number of rotatable bonds is 3. The van der Waals surface area contributed by atoms with E-state index in [4.69, 9.17) is 4.98 Å². The van der Waals surface area contributed by atoms with Gasteiger partial charge in [0.2, 0.25) is 5.91 Å². The average Bonchev–Trinajstić information content (AvgIpc) is 3.63. The van der Waals surface area contributed by atoms with Crippen LogP contribution in [0.15, 0.2) is 24.9 Å². The summed E-state index contributed by atoms with van der Waals surface area (Å²) < 4.78 is 2.06. The number of aryl methyl sites for hydroxylation is 2. The second-order valence-electron chi connectivity index (χ2n) is 11.9. The Kier molecular flexibility index (Phi) is 4.56. The first-order valence-corrected chi connectivity index (χ1v) is 13.4. The summed E-state index contributed by atoms with van der Waals surface area (Å²) in [7, 11) is 2.07. The van der Waals surface area contributed by atoms with E-state index in [0.717, 1.165) is 38.4 Å². The summed E-state index contributed by atoms with van der Waals surface area (Å²) >= 11 is 0. The summed E-state index contributed by atoms with van der Waals surface area (Å²) in [5.41, 5.74) is 11.1. The fraction of sp³-hybridized carbons (Fsp3) is 0.500. The van der Waals surface area contributed by atoms with Crippen LogP contribution in [0.3, 0.4) is 0 Å². The number of anilines is 1. The zero-order chi connectivity index (χ0) is 24.9. The maximum absolute atomic E-state index is 12.1. The third-order valence-corrected chi connectivity index (χ3v) is 9.78. The number of nitrogens with zero attached hydrogens (tertiary/aromatic N) is 5. The van der Waals surface area contributed by atoms with Crippen LogP contribution in [-0.4, -0.2) is 51.8 Å². The summed E-state index contributed by atoms with van der Waals surface area (Å²) in [6, 6.07) is 2.28. The molecule has 1 amide bonds. The van der Waals surface area contributed by atoms with Gasteiger partial charge in [0.05, 0.1) is 17.4 Å². The molecule has 36 heavy (non-hydrogen) atoms. The second kappa shape index (κ2) is 7.44. The van der Waals surface area contributed by atoms with E-state index in [-0.39, 0.29) is 11.3 Å². The lowest BCUT2D eigenvalue weighted by molar-refractivity contribution is -0.136. The molecule has 2 saturated heterocycles. The minimum absolute atomic E-state index is 0.0549. The topological polar surface area (TPSA) is 54.3 Å². The van der Waals surface area contributed by atoms with Gasteiger partial charge in [-0.3, -0.25) is 9.48 Å². The molecule has 6 heteroatoms. The number of amides is 1. The molecule has 2 aromatic heterocycles. The van der Waals surface area contributed by atoms with Gasteiger partial charge in [-0.25, -0.2) is 4.98 Å². The molecular weight excluding hydrogens is 446 g/mol. The van der Waals surface area contributed by atoms with Gasteiger partial charge in [-0.05, 0) is 92.3 Å². The summed E-state index contributed by atoms with van der Waals surface area (Å²) in [6.07, 6.45) is 8.36. The van der Waals surface area contributed by atoms with Crippen molar-refractivity contribution in [3.05, 3.63) is 52.9 Å². The summed E-state index contributed by atoms with van der Waals surface area (Å²) in [6.45, 7) is 14.1. The van der Waals surface area contributed by atoms with Crippen molar-refractivity contribution in [2.75, 3.05) is 31.1 Å². The number of carbonyl (C=O) groups excluding carboxylic acids is 1. The molecule has 2 bridgehead atoms. The van der Waals surface area contributed by atoms with E-state index in [2.05, 4.69) is 55.1 Å². The van der Waals surface area contributed by atoms with Crippen LogP contribution in [0.5, 0.6) is 0 Å². The van der Waals surface area contributed by atoms with Gasteiger partial charge in [0, 0.05) is 55.5 Å². The van der Waals surface area contributed by atoms with Crippen LogP contribution in [-0.2, 0) is 11.8 Å². The highest BCUT2D eigenvalue weighted by Gasteiger charge is 2.50. The van der Waals surface area contributed by atoms with Crippen LogP contribution in [0.2, 0.25) is 0 Å². The molecule has 6 nitrogen and oxygen atoms in total. The van der Waals surface area contributed by atoms with Crippen molar-refractivity contribution in [1.82, 2.24) is 19.7 Å². The SMILES string of the molecule is C=CC(=O)N1CC2(CCN(c3nc4c(c(-c5c(C)c(C)cc6cnn(C)c56)c3C)C3CCC4C3)C2)C1. The molecule has 4 heterocycles. The van der Waals surface area contributed by atoms with E-state index in [0.29, 0.717) is 11.8 Å². The summed E-state index contributed by atoms with van der Waals surface area (Å²) in [4.78, 5) is 22.0. The van der Waals surface area contributed by atoms with Crippen LogP contribution >= 0.6 is 0 Å². The van der Waals surface area contributed by atoms with Crippen LogP contribution in [0, 0.1) is 26.2 Å². The van der Waals surface area contributed by atoms with Crippen molar-refractivity contribution in [2.24, 2.45) is 12.5 Å². The quantitative estimate of drug-likeness (QED) is 0.486. The molecule has 1 aromatic carbocycles. The molecule has 2 unspecified atom stereocenters. The summed E-state index contributed by atoms with van der Waals surface area (Å²) in [5.74, 6) is 2.44. The van der Waals surface area contributed by atoms with E-state index in [1.54, 1.807) is 0 Å². The normalized spacial score (nSPS) is 23.6. The van der Waals surface area contributed by atoms with E-state index in [1.165, 1.54) is 75.3 Å². The molecule has 0 N–H and O–H groups in total. The Morgan fingerprint density at radius 2 is 1.89 bits per heavy atom. The second-order valence-corrected chi connectivity index (χ2v) is 11.9. The van der Waals surface area contributed by atoms with E-state index in [1.807, 2.05) is 11.1 Å². The van der Waals surface area contributed by atoms with Crippen molar-refractivity contribution >= 4 is 22.6 Å². The van der Waals surface area contributed by atoms with Gasteiger partial charge >= 0.3 is 0 Å². The molecule has 1 saturated carbocycles. The van der Waals surface area contributed by atoms with Gasteiger partial charge < -0.3 is 9.80 Å². The molecule has 0 radical (unpaired) electrons. The fourth-order valence-corrected chi connectivity index (χ4v) is 7.86. The first kappa shape index (κ1) is 22.1. The highest BCUT2D eigenvalue weighted by Crippen LogP contribution is 2.58. The largest absolute Gasteiger partial charge is 0.356 e. The molecule has 3 fully saturated rings. The average molecular weight is 482 g/mol. The van der Waals surface area contributed by atoms with E-state index < -0.39 is 0 Å². The number of carbonyl (C=O) groups is 1. The number of hydrogen-bond donors (Lipinski definition) is 0. The number of fused-ring (bicyclic) bond motifs is 6. The predicted octanol–water partition coefficient (Wildman–Crippen LogP) is 5.15. The predicted molar refractivity (Wildman–Crippen MR) is 144 cm³/mol. The van der Waals surface area contributed by atoms with Crippen LogP contribution in [0.4, 0.5) is 5.82 Å². The Hall–Kier alpha value is -3.15. The zero-order valence-electron chi connectivity index (χ0n) is 21.9. The number of likely N-dealkylation sites (tertiary alicyclic amines) is 1. The van der Waals surface area contributed by atoms with Gasteiger partial charge in [-0.15, -0.1) is 0 Å². The van der Waals surface area contributed by atoms with Crippen LogP contribution in [0.1, 0.15) is 65.5 Å². The lowest BCUT2D eigenvalue weighted by Crippen LogP contribution is -2.59. The van der Waals surface area contributed by atoms with Crippen LogP contribution in [0.25, 0.3) is 22.0 Å². The molecule has 1 spiro atoms. The molecular formula is C30H35N5O. The van der Waals surface area contributed by atoms with Gasteiger partial charge in [0.25, 0.3) is 0 Å². The smallest absolute Gasteiger partial charge is 0.245 e. The van der Waals surface area contributed by atoms with Gasteiger partial charge in [0.15, 0.2) is 0 Å². The Morgan fingerprint density at radius 3 is 2.67 bits per heavy atom. The first-order chi connectivity index (χ1) is 17.3. The Labute approximate surface area is 213 Å². The van der Waals surface area contributed by atoms with Crippen molar-refractivity contribution in [2.45, 2.75) is 58.3 Å². The van der Waals surface area contributed by atoms with Gasteiger partial charge in [-0.1, -0.05) is 6.58 Å². The summed E-state index contributed by atoms with van der Waals surface area (Å²) in [5, 5.41) is 5.87. The molecule has 4 aliphatic rings. The third-order valence-electron chi connectivity index (χ3n) is 9.78.